The number of carbonyl (C=O) groups is 1. The molecule has 0 radical (unpaired) electrons. The molecule has 0 aromatic heterocycles. The number of hydrogen-bond donors (Lipinski definition) is 0. The maximum atomic E-state index is 11.8. The number of hydrogen-bond acceptors (Lipinski definition) is 6. The molecule has 0 amide bonds. The average Bonchev–Trinajstić information content (AvgIpc) is 2.93. The van der Waals surface area contributed by atoms with E-state index in [0.29, 0.717) is 27.1 Å². The Kier molecular flexibility index (Phi) is 5.71. The van der Waals surface area contributed by atoms with Gasteiger partial charge in [-0.15, -0.1) is 0 Å². The molecular weight excluding hydrogens is 484 g/mol. The Balaban J connectivity index is 1.89. The van der Waals surface area contributed by atoms with E-state index in [1.807, 2.05) is 12.1 Å². The number of non-ortho nitro benzene ring substituents is 1. The van der Waals surface area contributed by atoms with Crippen LogP contribution in [0.2, 0.25) is 0 Å². The number of ether oxygens (including phenoxy) is 1. The molecule has 0 N–H and O–H groups in total. The monoisotopic (exact) mass is 494 g/mol. The third-order valence-corrected chi connectivity index (χ3v) is 4.79. The summed E-state index contributed by atoms with van der Waals surface area (Å²) in [4.78, 5) is 26.8. The summed E-state index contributed by atoms with van der Waals surface area (Å²) in [5.74, 6) is 0.00136. The van der Waals surface area contributed by atoms with E-state index in [9.17, 15) is 14.9 Å². The average molecular weight is 496 g/mol. The van der Waals surface area contributed by atoms with Crippen molar-refractivity contribution in [2.75, 3.05) is 0 Å². The minimum Gasteiger partial charge on any atom is -0.487 e. The molecule has 1 aliphatic rings. The second kappa shape index (κ2) is 8.01. The quantitative estimate of drug-likeness (QED) is 0.251. The van der Waals surface area contributed by atoms with E-state index in [1.165, 1.54) is 12.1 Å². The fourth-order valence-electron chi connectivity index (χ4n) is 2.38. The Labute approximate surface area is 171 Å². The van der Waals surface area contributed by atoms with Gasteiger partial charge in [0.15, 0.2) is 0 Å². The normalized spacial score (nSPS) is 14.9. The largest absolute Gasteiger partial charge is 0.487 e. The summed E-state index contributed by atoms with van der Waals surface area (Å²) < 4.78 is 7.40. The Bertz CT molecular complexity index is 984. The summed E-state index contributed by atoms with van der Waals surface area (Å²) in [6, 6.07) is 9.74. The summed E-state index contributed by atoms with van der Waals surface area (Å²) in [5.41, 5.74) is 2.27. The van der Waals surface area contributed by atoms with Crippen LogP contribution in [0.25, 0.3) is 6.08 Å². The number of rotatable bonds is 5. The van der Waals surface area contributed by atoms with Gasteiger partial charge in [0.05, 0.1) is 20.7 Å². The van der Waals surface area contributed by atoms with E-state index >= 15 is 0 Å². The van der Waals surface area contributed by atoms with Crippen LogP contribution in [0.3, 0.4) is 0 Å². The topological polar surface area (TPSA) is 91.0 Å². The number of oxime groups is 1. The molecule has 0 unspecified atom stereocenters. The molecule has 0 saturated heterocycles. The van der Waals surface area contributed by atoms with Crippen molar-refractivity contribution in [2.24, 2.45) is 5.16 Å². The van der Waals surface area contributed by atoms with Crippen LogP contribution in [0.1, 0.15) is 18.1 Å². The lowest BCUT2D eigenvalue weighted by atomic mass is 10.1. The van der Waals surface area contributed by atoms with E-state index < -0.39 is 10.9 Å². The number of halogens is 2. The van der Waals surface area contributed by atoms with E-state index in [-0.39, 0.29) is 12.3 Å². The predicted octanol–water partition coefficient (Wildman–Crippen LogP) is 5.01. The summed E-state index contributed by atoms with van der Waals surface area (Å²) in [6.45, 7) is 1.88. The molecule has 0 fully saturated rings. The third kappa shape index (κ3) is 4.42. The molecule has 0 saturated carbocycles. The Morgan fingerprint density at radius 2 is 1.96 bits per heavy atom. The first kappa shape index (κ1) is 19.2. The lowest BCUT2D eigenvalue weighted by Gasteiger charge is -2.13. The fraction of sp³-hybridized carbons (Fsp3) is 0.111. The summed E-state index contributed by atoms with van der Waals surface area (Å²) >= 11 is 6.88. The van der Waals surface area contributed by atoms with Gasteiger partial charge >= 0.3 is 5.97 Å². The number of nitrogens with zero attached hydrogens (tertiary/aromatic N) is 2. The van der Waals surface area contributed by atoms with Gasteiger partial charge in [0.25, 0.3) is 5.69 Å². The van der Waals surface area contributed by atoms with Crippen LogP contribution in [0.4, 0.5) is 5.69 Å². The van der Waals surface area contributed by atoms with Gasteiger partial charge in [0.2, 0.25) is 0 Å². The van der Waals surface area contributed by atoms with Gasteiger partial charge in [-0.3, -0.25) is 10.1 Å². The Morgan fingerprint density at radius 3 is 2.56 bits per heavy atom. The minimum absolute atomic E-state index is 0.0171. The van der Waals surface area contributed by atoms with Crippen molar-refractivity contribution in [1.29, 1.82) is 0 Å². The molecule has 7 nitrogen and oxygen atoms in total. The zero-order chi connectivity index (χ0) is 19.6. The van der Waals surface area contributed by atoms with Crippen molar-refractivity contribution in [2.45, 2.75) is 13.5 Å². The highest BCUT2D eigenvalue weighted by molar-refractivity contribution is 9.11. The molecule has 0 spiro atoms. The van der Waals surface area contributed by atoms with E-state index in [0.717, 1.165) is 10.0 Å². The second-order valence-corrected chi connectivity index (χ2v) is 7.40. The molecule has 9 heteroatoms. The van der Waals surface area contributed by atoms with Crippen molar-refractivity contribution < 1.29 is 19.3 Å². The minimum atomic E-state index is -0.523. The first-order chi connectivity index (χ1) is 12.8. The van der Waals surface area contributed by atoms with Crippen LogP contribution in [0.5, 0.6) is 5.75 Å². The van der Waals surface area contributed by atoms with Gasteiger partial charge < -0.3 is 9.57 Å². The summed E-state index contributed by atoms with van der Waals surface area (Å²) in [6.07, 6.45) is 1.65. The van der Waals surface area contributed by atoms with Gasteiger partial charge in [-0.1, -0.05) is 21.1 Å². The lowest BCUT2D eigenvalue weighted by molar-refractivity contribution is -0.384. The maximum Gasteiger partial charge on any atom is 0.367 e. The first-order valence-electron chi connectivity index (χ1n) is 7.68. The van der Waals surface area contributed by atoms with Crippen molar-refractivity contribution in [3.05, 3.63) is 72.2 Å². The highest BCUT2D eigenvalue weighted by Crippen LogP contribution is 2.35. The number of nitro benzene ring substituents is 1. The molecule has 2 aromatic carbocycles. The maximum absolute atomic E-state index is 11.8. The molecule has 27 heavy (non-hydrogen) atoms. The van der Waals surface area contributed by atoms with Crippen molar-refractivity contribution in [3.8, 4) is 5.75 Å². The van der Waals surface area contributed by atoms with E-state index in [1.54, 1.807) is 25.1 Å². The molecule has 3 rings (SSSR count). The predicted molar refractivity (Wildman–Crippen MR) is 106 cm³/mol. The lowest BCUT2D eigenvalue weighted by Crippen LogP contribution is -2.03. The van der Waals surface area contributed by atoms with Crippen LogP contribution < -0.4 is 4.74 Å². The molecular formula is C18H12Br2N2O5. The summed E-state index contributed by atoms with van der Waals surface area (Å²) in [5, 5.41) is 14.4. The fourth-order valence-corrected chi connectivity index (χ4v) is 3.76. The zero-order valence-electron chi connectivity index (χ0n) is 13.9. The number of nitro groups is 1. The SMILES string of the molecule is CC1=NOC(=O)/C1=C\c1cc(Br)cc(Br)c1OCc1ccc([N+](=O)[O-])cc1. The number of benzene rings is 2. The van der Waals surface area contributed by atoms with Crippen molar-refractivity contribution in [3.63, 3.8) is 0 Å². The van der Waals surface area contributed by atoms with Gasteiger partial charge in [0, 0.05) is 22.2 Å². The first-order valence-corrected chi connectivity index (χ1v) is 9.27. The molecule has 0 bridgehead atoms. The van der Waals surface area contributed by atoms with E-state index in [4.69, 9.17) is 4.74 Å². The highest BCUT2D eigenvalue weighted by Gasteiger charge is 2.23. The van der Waals surface area contributed by atoms with Gasteiger partial charge in [-0.2, -0.15) is 0 Å². The smallest absolute Gasteiger partial charge is 0.367 e. The summed E-state index contributed by atoms with van der Waals surface area (Å²) in [7, 11) is 0. The molecule has 2 aromatic rings. The van der Waals surface area contributed by atoms with Gasteiger partial charge in [-0.05, 0) is 58.8 Å². The van der Waals surface area contributed by atoms with E-state index in [2.05, 4.69) is 41.9 Å². The molecule has 0 atom stereocenters. The molecule has 0 aliphatic carbocycles. The van der Waals surface area contributed by atoms with Crippen LogP contribution >= 0.6 is 31.9 Å². The van der Waals surface area contributed by atoms with Crippen LogP contribution in [0, 0.1) is 10.1 Å². The molecule has 138 valence electrons. The second-order valence-electron chi connectivity index (χ2n) is 5.63. The molecule has 1 heterocycles. The van der Waals surface area contributed by atoms with Crippen molar-refractivity contribution in [1.82, 2.24) is 0 Å². The van der Waals surface area contributed by atoms with Gasteiger partial charge in [-0.25, -0.2) is 4.79 Å². The third-order valence-electron chi connectivity index (χ3n) is 3.74. The highest BCUT2D eigenvalue weighted by atomic mass is 79.9. The Morgan fingerprint density at radius 1 is 1.26 bits per heavy atom. The van der Waals surface area contributed by atoms with Crippen LogP contribution in [-0.4, -0.2) is 16.6 Å². The number of carbonyl (C=O) groups excluding carboxylic acids is 1. The van der Waals surface area contributed by atoms with Crippen LogP contribution in [-0.2, 0) is 16.2 Å². The van der Waals surface area contributed by atoms with Crippen LogP contribution in [0.15, 0.2) is 56.1 Å². The van der Waals surface area contributed by atoms with Crippen molar-refractivity contribution >= 4 is 55.3 Å². The zero-order valence-corrected chi connectivity index (χ0v) is 17.1. The van der Waals surface area contributed by atoms with Gasteiger partial charge in [0.1, 0.15) is 12.4 Å². The molecule has 1 aliphatic heterocycles. The Hall–Kier alpha value is -2.52. The standard InChI is InChI=1S/C18H12Br2N2O5/c1-10-15(18(23)27-21-10)7-12-6-13(19)8-16(20)17(12)26-9-11-2-4-14(5-3-11)22(24)25/h2-8H,9H2,1H3/b15-7-.